The number of hydrogen-bond acceptors (Lipinski definition) is 4. The lowest BCUT2D eigenvalue weighted by Gasteiger charge is -2.33. The Morgan fingerprint density at radius 2 is 1.75 bits per heavy atom. The molecule has 2 rings (SSSR count). The number of halogens is 2. The summed E-state index contributed by atoms with van der Waals surface area (Å²) in [5.74, 6) is -0.290. The van der Waals surface area contributed by atoms with E-state index in [1.807, 2.05) is 0 Å². The van der Waals surface area contributed by atoms with Gasteiger partial charge in [-0.15, -0.1) is 0 Å². The smallest absolute Gasteiger partial charge is 0.409 e. The number of piperazine rings is 1. The molecule has 0 aliphatic carbocycles. The van der Waals surface area contributed by atoms with Crippen molar-refractivity contribution in [2.75, 3.05) is 33.3 Å². The van der Waals surface area contributed by atoms with Gasteiger partial charge < -0.3 is 14.5 Å². The Bertz CT molecular complexity index is 531. The van der Waals surface area contributed by atoms with Crippen molar-refractivity contribution >= 4 is 35.2 Å². The largest absolute Gasteiger partial charge is 0.453 e. The summed E-state index contributed by atoms with van der Waals surface area (Å²) in [7, 11) is 1.33. The van der Waals surface area contributed by atoms with Crippen molar-refractivity contribution in [3.05, 3.63) is 28.0 Å². The molecule has 1 aliphatic heterocycles. The summed E-state index contributed by atoms with van der Waals surface area (Å²) in [6.45, 7) is 1.63. The van der Waals surface area contributed by atoms with Crippen LogP contribution in [0.1, 0.15) is 10.5 Å². The molecule has 20 heavy (non-hydrogen) atoms. The summed E-state index contributed by atoms with van der Waals surface area (Å²) in [6.07, 6.45) is -0.393. The first-order valence-electron chi connectivity index (χ1n) is 5.97. The standard InChI is InChI=1S/C12H13Cl2N3O3/c1-20-12(19)17-6-4-16(5-7-17)11(18)10-8(13)2-3-9(14)15-10/h2-3H,4-7H2,1H3. The Balaban J connectivity index is 2.05. The van der Waals surface area contributed by atoms with Crippen LogP contribution < -0.4 is 0 Å². The molecule has 2 amide bonds. The lowest BCUT2D eigenvalue weighted by molar-refractivity contribution is 0.0595. The second-order valence-corrected chi connectivity index (χ2v) is 5.01. The van der Waals surface area contributed by atoms with Crippen LogP contribution in [0.2, 0.25) is 10.2 Å². The van der Waals surface area contributed by atoms with Crippen LogP contribution in [0.25, 0.3) is 0 Å². The molecule has 0 atom stereocenters. The van der Waals surface area contributed by atoms with Crippen molar-refractivity contribution in [2.45, 2.75) is 0 Å². The lowest BCUT2D eigenvalue weighted by Crippen LogP contribution is -2.50. The molecule has 0 aromatic carbocycles. The predicted molar refractivity (Wildman–Crippen MR) is 74.1 cm³/mol. The van der Waals surface area contributed by atoms with Crippen molar-refractivity contribution in [3.8, 4) is 0 Å². The number of methoxy groups -OCH3 is 1. The van der Waals surface area contributed by atoms with Gasteiger partial charge in [-0.25, -0.2) is 9.78 Å². The van der Waals surface area contributed by atoms with Crippen LogP contribution in [0, 0.1) is 0 Å². The van der Waals surface area contributed by atoms with E-state index >= 15 is 0 Å². The van der Waals surface area contributed by atoms with Crippen molar-refractivity contribution < 1.29 is 14.3 Å². The topological polar surface area (TPSA) is 62.7 Å². The molecule has 1 aromatic rings. The minimum Gasteiger partial charge on any atom is -0.453 e. The SMILES string of the molecule is COC(=O)N1CCN(C(=O)c2nc(Cl)ccc2Cl)CC1. The molecule has 1 saturated heterocycles. The highest BCUT2D eigenvalue weighted by atomic mass is 35.5. The molecular weight excluding hydrogens is 305 g/mol. The highest BCUT2D eigenvalue weighted by Gasteiger charge is 2.27. The molecule has 0 saturated carbocycles. The molecular formula is C12H13Cl2N3O3. The maximum atomic E-state index is 12.3. The van der Waals surface area contributed by atoms with Crippen molar-refractivity contribution in [2.24, 2.45) is 0 Å². The zero-order chi connectivity index (χ0) is 14.7. The molecule has 2 heterocycles. The van der Waals surface area contributed by atoms with Gasteiger partial charge in [-0.3, -0.25) is 4.79 Å². The van der Waals surface area contributed by atoms with E-state index in [2.05, 4.69) is 9.72 Å². The van der Waals surface area contributed by atoms with Gasteiger partial charge in [-0.1, -0.05) is 23.2 Å². The van der Waals surface area contributed by atoms with Gasteiger partial charge in [0.2, 0.25) is 0 Å². The molecule has 0 spiro atoms. The fraction of sp³-hybridized carbons (Fsp3) is 0.417. The van der Waals surface area contributed by atoms with Crippen LogP contribution in [0.15, 0.2) is 12.1 Å². The fourth-order valence-electron chi connectivity index (χ4n) is 1.94. The third-order valence-corrected chi connectivity index (χ3v) is 3.53. The quantitative estimate of drug-likeness (QED) is 0.742. The van der Waals surface area contributed by atoms with Crippen LogP contribution in [0.4, 0.5) is 4.79 Å². The highest BCUT2D eigenvalue weighted by molar-refractivity contribution is 6.34. The van der Waals surface area contributed by atoms with Gasteiger partial charge in [0.1, 0.15) is 10.8 Å². The normalized spacial score (nSPS) is 15.2. The first-order valence-corrected chi connectivity index (χ1v) is 6.72. The number of ether oxygens (including phenoxy) is 1. The van der Waals surface area contributed by atoms with Crippen molar-refractivity contribution in [1.29, 1.82) is 0 Å². The van der Waals surface area contributed by atoms with Gasteiger partial charge in [-0.05, 0) is 12.1 Å². The van der Waals surface area contributed by atoms with Gasteiger partial charge in [0.05, 0.1) is 12.1 Å². The van der Waals surface area contributed by atoms with Gasteiger partial charge >= 0.3 is 6.09 Å². The summed E-state index contributed by atoms with van der Waals surface area (Å²) in [4.78, 5) is 30.7. The monoisotopic (exact) mass is 317 g/mol. The fourth-order valence-corrected chi connectivity index (χ4v) is 2.27. The lowest BCUT2D eigenvalue weighted by atomic mass is 10.2. The molecule has 0 N–H and O–H groups in total. The Kier molecular flexibility index (Phi) is 4.67. The zero-order valence-electron chi connectivity index (χ0n) is 10.8. The van der Waals surface area contributed by atoms with Crippen LogP contribution in [0.5, 0.6) is 0 Å². The predicted octanol–water partition coefficient (Wildman–Crippen LogP) is 1.91. The molecule has 8 heteroatoms. The Labute approximate surface area is 126 Å². The number of pyridine rings is 1. The number of carbonyl (C=O) groups excluding carboxylic acids is 2. The number of nitrogens with zero attached hydrogens (tertiary/aromatic N) is 3. The van der Waals surface area contributed by atoms with Crippen LogP contribution in [-0.4, -0.2) is 60.1 Å². The first-order chi connectivity index (χ1) is 9.52. The van der Waals surface area contributed by atoms with Crippen molar-refractivity contribution in [1.82, 2.24) is 14.8 Å². The molecule has 1 aliphatic rings. The summed E-state index contributed by atoms with van der Waals surface area (Å²) in [5, 5.41) is 0.473. The van der Waals surface area contributed by atoms with Gasteiger partial charge in [-0.2, -0.15) is 0 Å². The molecule has 1 fully saturated rings. The molecule has 0 bridgehead atoms. The number of carbonyl (C=O) groups is 2. The van der Waals surface area contributed by atoms with Gasteiger partial charge in [0.25, 0.3) is 5.91 Å². The van der Waals surface area contributed by atoms with E-state index in [0.29, 0.717) is 26.2 Å². The average Bonchev–Trinajstić information content (AvgIpc) is 2.48. The van der Waals surface area contributed by atoms with E-state index in [4.69, 9.17) is 23.2 Å². The number of rotatable bonds is 1. The van der Waals surface area contributed by atoms with Gasteiger partial charge in [0, 0.05) is 26.2 Å². The Hall–Kier alpha value is -1.53. The minimum absolute atomic E-state index is 0.130. The third-order valence-electron chi connectivity index (χ3n) is 3.01. The molecule has 6 nitrogen and oxygen atoms in total. The van der Waals surface area contributed by atoms with E-state index in [9.17, 15) is 9.59 Å². The molecule has 0 radical (unpaired) electrons. The van der Waals surface area contributed by atoms with E-state index in [1.165, 1.54) is 24.1 Å². The first kappa shape index (κ1) is 14.9. The minimum atomic E-state index is -0.393. The third kappa shape index (κ3) is 3.13. The maximum absolute atomic E-state index is 12.3. The second kappa shape index (κ2) is 6.28. The van der Waals surface area contributed by atoms with E-state index in [0.717, 1.165) is 0 Å². The van der Waals surface area contributed by atoms with Crippen LogP contribution in [0.3, 0.4) is 0 Å². The van der Waals surface area contributed by atoms with Crippen molar-refractivity contribution in [3.63, 3.8) is 0 Å². The Morgan fingerprint density at radius 1 is 1.15 bits per heavy atom. The van der Waals surface area contributed by atoms with Crippen LogP contribution in [-0.2, 0) is 4.74 Å². The number of aromatic nitrogens is 1. The molecule has 1 aromatic heterocycles. The zero-order valence-corrected chi connectivity index (χ0v) is 12.3. The molecule has 108 valence electrons. The van der Waals surface area contributed by atoms with E-state index in [-0.39, 0.29) is 21.8 Å². The summed E-state index contributed by atoms with van der Waals surface area (Å²) < 4.78 is 4.64. The Morgan fingerprint density at radius 3 is 2.35 bits per heavy atom. The van der Waals surface area contributed by atoms with Crippen LogP contribution >= 0.6 is 23.2 Å². The van der Waals surface area contributed by atoms with E-state index in [1.54, 1.807) is 4.90 Å². The van der Waals surface area contributed by atoms with Gasteiger partial charge in [0.15, 0.2) is 0 Å². The summed E-state index contributed by atoms with van der Waals surface area (Å²) in [6, 6.07) is 3.06. The average molecular weight is 318 g/mol. The number of hydrogen-bond donors (Lipinski definition) is 0. The summed E-state index contributed by atoms with van der Waals surface area (Å²) in [5.41, 5.74) is 0.130. The maximum Gasteiger partial charge on any atom is 0.409 e. The summed E-state index contributed by atoms with van der Waals surface area (Å²) >= 11 is 11.7. The number of amides is 2. The highest BCUT2D eigenvalue weighted by Crippen LogP contribution is 2.19. The second-order valence-electron chi connectivity index (χ2n) is 4.21. The molecule has 0 unspecified atom stereocenters. The van der Waals surface area contributed by atoms with E-state index < -0.39 is 6.09 Å².